The highest BCUT2D eigenvalue weighted by Crippen LogP contribution is 2.02. The molecule has 0 aliphatic carbocycles. The van der Waals surface area contributed by atoms with Crippen LogP contribution in [0.2, 0.25) is 0 Å². The van der Waals surface area contributed by atoms with Crippen molar-refractivity contribution in [3.05, 3.63) is 12.7 Å². The molecule has 0 radical (unpaired) electrons. The second kappa shape index (κ2) is 5.54. The highest BCUT2D eigenvalue weighted by molar-refractivity contribution is 5.88. The van der Waals surface area contributed by atoms with E-state index in [1.54, 1.807) is 0 Å². The minimum atomic E-state index is -0.815. The van der Waals surface area contributed by atoms with E-state index >= 15 is 0 Å². The van der Waals surface area contributed by atoms with E-state index in [0.29, 0.717) is 23.9 Å². The number of ketones is 1. The van der Waals surface area contributed by atoms with Gasteiger partial charge in [0.25, 0.3) is 0 Å². The molecule has 0 bridgehead atoms. The number of hydrogen-bond acceptors (Lipinski definition) is 2. The number of carboxylic acids is 1. The molecule has 0 unspecified atom stereocenters. The van der Waals surface area contributed by atoms with Crippen LogP contribution in [-0.4, -0.2) is 48.5 Å². The quantitative estimate of drug-likeness (QED) is 0.486. The Hall–Kier alpha value is -1.16. The third kappa shape index (κ3) is 6.37. The number of hydrogen-bond donors (Lipinski definition) is 1. The Morgan fingerprint density at radius 1 is 1.43 bits per heavy atom. The smallest absolute Gasteiger partial charge is 0.359 e. The molecular formula is C10H18NO3+. The van der Waals surface area contributed by atoms with Gasteiger partial charge in [-0.25, -0.2) is 4.79 Å². The van der Waals surface area contributed by atoms with Gasteiger partial charge in [-0.15, -0.1) is 0 Å². The van der Waals surface area contributed by atoms with E-state index in [4.69, 9.17) is 5.11 Å². The van der Waals surface area contributed by atoms with Crippen LogP contribution in [0.25, 0.3) is 0 Å². The van der Waals surface area contributed by atoms with Gasteiger partial charge >= 0.3 is 5.97 Å². The highest BCUT2D eigenvalue weighted by Gasteiger charge is 2.18. The Labute approximate surface area is 84.4 Å². The van der Waals surface area contributed by atoms with Crippen LogP contribution >= 0.6 is 0 Å². The molecule has 1 N–H and O–H groups in total. The van der Waals surface area contributed by atoms with Crippen LogP contribution in [0.15, 0.2) is 12.7 Å². The zero-order chi connectivity index (χ0) is 11.2. The average Bonchev–Trinajstić information content (AvgIpc) is 2.01. The topological polar surface area (TPSA) is 54.4 Å². The number of likely N-dealkylation sites (N-methyl/N-ethyl adjacent to an activating group) is 1. The molecule has 0 aromatic heterocycles. The molecule has 4 heteroatoms. The summed E-state index contributed by atoms with van der Waals surface area (Å²) in [6.07, 6.45) is 2.45. The fourth-order valence-corrected chi connectivity index (χ4v) is 1.23. The number of nitrogens with zero attached hydrogens (tertiary/aromatic N) is 1. The van der Waals surface area contributed by atoms with Crippen LogP contribution in [0.4, 0.5) is 0 Å². The molecule has 0 saturated heterocycles. The van der Waals surface area contributed by atoms with E-state index in [1.807, 2.05) is 14.1 Å². The normalized spacial score (nSPS) is 11.0. The Morgan fingerprint density at radius 2 is 2.00 bits per heavy atom. The molecule has 4 nitrogen and oxygen atoms in total. The summed E-state index contributed by atoms with van der Waals surface area (Å²) in [5, 5.41) is 8.61. The van der Waals surface area contributed by atoms with Gasteiger partial charge in [0.1, 0.15) is 0 Å². The third-order valence-electron chi connectivity index (χ3n) is 1.98. The summed E-state index contributed by atoms with van der Waals surface area (Å²) >= 11 is 0. The van der Waals surface area contributed by atoms with Crippen molar-refractivity contribution in [1.82, 2.24) is 0 Å². The predicted octanol–water partition coefficient (Wildman–Crippen LogP) is 0.683. The van der Waals surface area contributed by atoms with Crippen molar-refractivity contribution >= 4 is 11.8 Å². The fourth-order valence-electron chi connectivity index (χ4n) is 1.23. The van der Waals surface area contributed by atoms with Gasteiger partial charge in [0, 0.05) is 12.8 Å². The Morgan fingerprint density at radius 3 is 2.43 bits per heavy atom. The van der Waals surface area contributed by atoms with Crippen molar-refractivity contribution in [2.75, 3.05) is 27.2 Å². The van der Waals surface area contributed by atoms with E-state index < -0.39 is 5.97 Å². The lowest BCUT2D eigenvalue weighted by Crippen LogP contribution is -2.44. The van der Waals surface area contributed by atoms with Crippen LogP contribution in [0.5, 0.6) is 0 Å². The van der Waals surface area contributed by atoms with Crippen LogP contribution in [-0.2, 0) is 9.59 Å². The molecule has 0 amide bonds. The zero-order valence-electron chi connectivity index (χ0n) is 8.82. The van der Waals surface area contributed by atoms with E-state index in [1.165, 1.54) is 6.08 Å². The van der Waals surface area contributed by atoms with Gasteiger partial charge in [-0.1, -0.05) is 6.58 Å². The number of aliphatic carboxylic acids is 1. The molecule has 0 aliphatic heterocycles. The van der Waals surface area contributed by atoms with E-state index in [2.05, 4.69) is 6.58 Å². The van der Waals surface area contributed by atoms with Crippen molar-refractivity contribution in [2.24, 2.45) is 0 Å². The lowest BCUT2D eigenvalue weighted by atomic mass is 10.2. The Bertz CT molecular complexity index is 234. The van der Waals surface area contributed by atoms with E-state index in [-0.39, 0.29) is 12.3 Å². The molecule has 80 valence electrons. The minimum absolute atomic E-state index is 0.0142. The summed E-state index contributed by atoms with van der Waals surface area (Å²) in [6, 6.07) is 0. The minimum Gasteiger partial charge on any atom is -0.477 e. The average molecular weight is 200 g/mol. The van der Waals surface area contributed by atoms with Crippen molar-refractivity contribution < 1.29 is 19.2 Å². The zero-order valence-corrected chi connectivity index (χ0v) is 8.82. The van der Waals surface area contributed by atoms with E-state index in [9.17, 15) is 9.59 Å². The standard InChI is InChI=1S/C10H17NO3/c1-4-9(12)6-5-7-11(2,3)8-10(13)14/h4H,1,5-8H2,2-3H3/p+1. The first-order valence-corrected chi connectivity index (χ1v) is 4.56. The van der Waals surface area contributed by atoms with Gasteiger partial charge in [0.15, 0.2) is 12.3 Å². The largest absolute Gasteiger partial charge is 0.477 e. The molecular weight excluding hydrogens is 182 g/mol. The number of quaternary nitrogens is 1. The predicted molar refractivity (Wildman–Crippen MR) is 53.9 cm³/mol. The maximum atomic E-state index is 10.9. The van der Waals surface area contributed by atoms with Crippen molar-refractivity contribution in [1.29, 1.82) is 0 Å². The monoisotopic (exact) mass is 200 g/mol. The van der Waals surface area contributed by atoms with Gasteiger partial charge < -0.3 is 9.59 Å². The molecule has 0 rings (SSSR count). The van der Waals surface area contributed by atoms with Crippen LogP contribution in [0.3, 0.4) is 0 Å². The van der Waals surface area contributed by atoms with Crippen LogP contribution < -0.4 is 0 Å². The summed E-state index contributed by atoms with van der Waals surface area (Å²) in [7, 11) is 3.68. The maximum Gasteiger partial charge on any atom is 0.359 e. The first kappa shape index (κ1) is 12.8. The molecule has 0 heterocycles. The van der Waals surface area contributed by atoms with Gasteiger partial charge in [0.2, 0.25) is 0 Å². The fraction of sp³-hybridized carbons (Fsp3) is 0.600. The van der Waals surface area contributed by atoms with Crippen LogP contribution in [0, 0.1) is 0 Å². The molecule has 0 fully saturated rings. The van der Waals surface area contributed by atoms with Gasteiger partial charge in [-0.05, 0) is 6.08 Å². The number of carboxylic acid groups (broad SMARTS) is 1. The Kier molecular flexibility index (Phi) is 5.09. The summed E-state index contributed by atoms with van der Waals surface area (Å²) in [5.41, 5.74) is 0. The number of carbonyl (C=O) groups excluding carboxylic acids is 1. The maximum absolute atomic E-state index is 10.9. The van der Waals surface area contributed by atoms with Gasteiger partial charge in [0.05, 0.1) is 20.6 Å². The Balaban J connectivity index is 3.81. The van der Waals surface area contributed by atoms with Crippen molar-refractivity contribution in [3.8, 4) is 0 Å². The molecule has 0 atom stereocenters. The second-order valence-corrected chi connectivity index (χ2v) is 3.99. The summed E-state index contributed by atoms with van der Waals surface area (Å²) < 4.78 is 0.403. The van der Waals surface area contributed by atoms with E-state index in [0.717, 1.165) is 0 Å². The summed E-state index contributed by atoms with van der Waals surface area (Å²) in [6.45, 7) is 4.15. The molecule has 0 saturated carbocycles. The van der Waals surface area contributed by atoms with Crippen LogP contribution in [0.1, 0.15) is 12.8 Å². The molecule has 0 spiro atoms. The lowest BCUT2D eigenvalue weighted by Gasteiger charge is -2.27. The third-order valence-corrected chi connectivity index (χ3v) is 1.98. The van der Waals surface area contributed by atoms with Gasteiger partial charge in [-0.3, -0.25) is 4.79 Å². The first-order valence-electron chi connectivity index (χ1n) is 4.56. The summed E-state index contributed by atoms with van der Waals surface area (Å²) in [4.78, 5) is 21.3. The summed E-state index contributed by atoms with van der Waals surface area (Å²) in [5.74, 6) is -0.801. The second-order valence-electron chi connectivity index (χ2n) is 3.99. The molecule has 14 heavy (non-hydrogen) atoms. The molecule has 0 aromatic carbocycles. The van der Waals surface area contributed by atoms with Gasteiger partial charge in [-0.2, -0.15) is 0 Å². The van der Waals surface area contributed by atoms with Crippen molar-refractivity contribution in [2.45, 2.75) is 12.8 Å². The molecule has 0 aromatic rings. The molecule has 0 aliphatic rings. The SMILES string of the molecule is C=CC(=O)CCC[N+](C)(C)CC(=O)O. The first-order chi connectivity index (χ1) is 6.37. The lowest BCUT2D eigenvalue weighted by molar-refractivity contribution is -0.883. The number of rotatable bonds is 7. The highest BCUT2D eigenvalue weighted by atomic mass is 16.4. The number of carbonyl (C=O) groups is 2. The van der Waals surface area contributed by atoms with Crippen molar-refractivity contribution in [3.63, 3.8) is 0 Å². The number of allylic oxidation sites excluding steroid dienone is 1.